The van der Waals surface area contributed by atoms with Crippen LogP contribution in [0.4, 0.5) is 8.78 Å². The van der Waals surface area contributed by atoms with Crippen LogP contribution >= 0.6 is 0 Å². The SMILES string of the molecule is COc1ccc2nc(-c3ccc(F)cc3F)cc(C(=O)O)c2c1. The highest BCUT2D eigenvalue weighted by molar-refractivity contribution is 6.04. The van der Waals surface area contributed by atoms with Crippen LogP contribution in [0, 0.1) is 11.6 Å². The minimum atomic E-state index is -1.17. The molecule has 1 heterocycles. The standard InChI is InChI=1S/C17H11F2NO3/c1-23-10-3-5-15-12(7-10)13(17(21)22)8-16(20-15)11-4-2-9(18)6-14(11)19/h2-8H,1H3,(H,21,22). The Labute approximate surface area is 130 Å². The smallest absolute Gasteiger partial charge is 0.336 e. The van der Waals surface area contributed by atoms with Gasteiger partial charge in [-0.15, -0.1) is 0 Å². The molecule has 23 heavy (non-hydrogen) atoms. The van der Waals surface area contributed by atoms with Crippen molar-refractivity contribution in [3.63, 3.8) is 0 Å². The highest BCUT2D eigenvalue weighted by Gasteiger charge is 2.16. The van der Waals surface area contributed by atoms with Crippen molar-refractivity contribution in [2.24, 2.45) is 0 Å². The number of aromatic nitrogens is 1. The lowest BCUT2D eigenvalue weighted by Gasteiger charge is -2.09. The molecule has 0 aliphatic rings. The van der Waals surface area contributed by atoms with Gasteiger partial charge in [-0.2, -0.15) is 0 Å². The number of pyridine rings is 1. The summed E-state index contributed by atoms with van der Waals surface area (Å²) in [7, 11) is 1.47. The molecular weight excluding hydrogens is 304 g/mol. The van der Waals surface area contributed by atoms with Crippen molar-refractivity contribution in [1.82, 2.24) is 4.98 Å². The van der Waals surface area contributed by atoms with Gasteiger partial charge in [-0.1, -0.05) is 0 Å². The molecule has 0 bridgehead atoms. The average molecular weight is 315 g/mol. The van der Waals surface area contributed by atoms with E-state index in [-0.39, 0.29) is 16.8 Å². The van der Waals surface area contributed by atoms with E-state index in [1.54, 1.807) is 18.2 Å². The lowest BCUT2D eigenvalue weighted by molar-refractivity contribution is 0.0699. The normalized spacial score (nSPS) is 10.7. The summed E-state index contributed by atoms with van der Waals surface area (Å²) in [5.41, 5.74) is 0.501. The number of benzene rings is 2. The Hall–Kier alpha value is -3.02. The zero-order valence-corrected chi connectivity index (χ0v) is 12.0. The van der Waals surface area contributed by atoms with Gasteiger partial charge in [0.2, 0.25) is 0 Å². The van der Waals surface area contributed by atoms with Crippen molar-refractivity contribution < 1.29 is 23.4 Å². The summed E-state index contributed by atoms with van der Waals surface area (Å²) in [6, 6.07) is 9.09. The molecule has 0 unspecified atom stereocenters. The third kappa shape index (κ3) is 2.70. The van der Waals surface area contributed by atoms with E-state index in [9.17, 15) is 18.7 Å². The predicted octanol–water partition coefficient (Wildman–Crippen LogP) is 3.89. The van der Waals surface area contributed by atoms with Gasteiger partial charge in [0.05, 0.1) is 23.9 Å². The monoisotopic (exact) mass is 315 g/mol. The molecule has 1 N–H and O–H groups in total. The number of ether oxygens (including phenoxy) is 1. The maximum absolute atomic E-state index is 13.9. The van der Waals surface area contributed by atoms with Crippen LogP contribution in [0.5, 0.6) is 5.75 Å². The molecule has 3 rings (SSSR count). The number of hydrogen-bond acceptors (Lipinski definition) is 3. The minimum absolute atomic E-state index is 0.0339. The Balaban J connectivity index is 2.29. The Kier molecular flexibility index (Phi) is 3.65. The molecule has 0 saturated carbocycles. The largest absolute Gasteiger partial charge is 0.497 e. The summed E-state index contributed by atoms with van der Waals surface area (Å²) in [5, 5.41) is 9.79. The van der Waals surface area contributed by atoms with Crippen LogP contribution in [0.25, 0.3) is 22.2 Å². The molecule has 4 nitrogen and oxygen atoms in total. The Morgan fingerprint density at radius 2 is 1.91 bits per heavy atom. The van der Waals surface area contributed by atoms with Crippen molar-refractivity contribution in [1.29, 1.82) is 0 Å². The Morgan fingerprint density at radius 1 is 1.13 bits per heavy atom. The van der Waals surface area contributed by atoms with Crippen molar-refractivity contribution >= 4 is 16.9 Å². The lowest BCUT2D eigenvalue weighted by Crippen LogP contribution is -2.01. The second-order valence-corrected chi connectivity index (χ2v) is 4.87. The van der Waals surface area contributed by atoms with Crippen LogP contribution in [-0.4, -0.2) is 23.2 Å². The van der Waals surface area contributed by atoms with Crippen molar-refractivity contribution in [3.8, 4) is 17.0 Å². The molecule has 0 radical (unpaired) electrons. The first kappa shape index (κ1) is 14.9. The van der Waals surface area contributed by atoms with Gasteiger partial charge in [0, 0.05) is 17.0 Å². The highest BCUT2D eigenvalue weighted by Crippen LogP contribution is 2.29. The molecule has 116 valence electrons. The number of rotatable bonds is 3. The summed E-state index contributed by atoms with van der Waals surface area (Å²) < 4.78 is 32.1. The van der Waals surface area contributed by atoms with Crippen molar-refractivity contribution in [3.05, 3.63) is 59.7 Å². The van der Waals surface area contributed by atoms with Gasteiger partial charge in [0.15, 0.2) is 0 Å². The minimum Gasteiger partial charge on any atom is -0.497 e. The van der Waals surface area contributed by atoms with E-state index in [1.807, 2.05) is 0 Å². The molecule has 1 aromatic heterocycles. The molecule has 6 heteroatoms. The van der Waals surface area contributed by atoms with E-state index in [1.165, 1.54) is 19.2 Å². The number of carboxylic acid groups (broad SMARTS) is 1. The summed E-state index contributed by atoms with van der Waals surface area (Å²) in [6.07, 6.45) is 0. The number of methoxy groups -OCH3 is 1. The fourth-order valence-electron chi connectivity index (χ4n) is 2.34. The Morgan fingerprint density at radius 3 is 2.57 bits per heavy atom. The molecule has 0 atom stereocenters. The quantitative estimate of drug-likeness (QED) is 0.796. The maximum Gasteiger partial charge on any atom is 0.336 e. The van der Waals surface area contributed by atoms with Crippen LogP contribution in [0.3, 0.4) is 0 Å². The van der Waals surface area contributed by atoms with Crippen LogP contribution in [0.15, 0.2) is 42.5 Å². The van der Waals surface area contributed by atoms with Crippen LogP contribution in [-0.2, 0) is 0 Å². The number of hydrogen-bond donors (Lipinski definition) is 1. The van der Waals surface area contributed by atoms with Crippen LogP contribution in [0.1, 0.15) is 10.4 Å². The number of carbonyl (C=O) groups is 1. The summed E-state index contributed by atoms with van der Waals surface area (Å²) >= 11 is 0. The van der Waals surface area contributed by atoms with E-state index in [2.05, 4.69) is 4.98 Å². The third-order valence-electron chi connectivity index (χ3n) is 3.45. The van der Waals surface area contributed by atoms with Crippen LogP contribution < -0.4 is 4.74 Å². The number of fused-ring (bicyclic) bond motifs is 1. The molecule has 0 saturated heterocycles. The topological polar surface area (TPSA) is 59.4 Å². The number of aromatic carboxylic acids is 1. The molecule has 2 aromatic carbocycles. The van der Waals surface area contributed by atoms with E-state index in [0.717, 1.165) is 12.1 Å². The molecule has 0 amide bonds. The summed E-state index contributed by atoms with van der Waals surface area (Å²) in [4.78, 5) is 15.8. The Bertz CT molecular complexity index is 925. The molecule has 0 fully saturated rings. The highest BCUT2D eigenvalue weighted by atomic mass is 19.1. The molecule has 0 spiro atoms. The van der Waals surface area contributed by atoms with Gasteiger partial charge in [0.1, 0.15) is 17.4 Å². The first-order valence-corrected chi connectivity index (χ1v) is 6.67. The third-order valence-corrected chi connectivity index (χ3v) is 3.45. The van der Waals surface area contributed by atoms with Crippen LogP contribution in [0.2, 0.25) is 0 Å². The number of carboxylic acids is 1. The zero-order valence-electron chi connectivity index (χ0n) is 12.0. The lowest BCUT2D eigenvalue weighted by atomic mass is 10.0. The van der Waals surface area contributed by atoms with Gasteiger partial charge in [-0.05, 0) is 36.4 Å². The van der Waals surface area contributed by atoms with E-state index in [0.29, 0.717) is 16.7 Å². The fourth-order valence-corrected chi connectivity index (χ4v) is 2.34. The zero-order chi connectivity index (χ0) is 16.6. The van der Waals surface area contributed by atoms with Crippen molar-refractivity contribution in [2.45, 2.75) is 0 Å². The summed E-state index contributed by atoms with van der Waals surface area (Å²) in [6.45, 7) is 0. The molecule has 0 aliphatic carbocycles. The van der Waals surface area contributed by atoms with E-state index < -0.39 is 17.6 Å². The van der Waals surface area contributed by atoms with Gasteiger partial charge >= 0.3 is 5.97 Å². The second-order valence-electron chi connectivity index (χ2n) is 4.87. The number of nitrogens with zero attached hydrogens (tertiary/aromatic N) is 1. The van der Waals surface area contributed by atoms with Crippen molar-refractivity contribution in [2.75, 3.05) is 7.11 Å². The maximum atomic E-state index is 13.9. The van der Waals surface area contributed by atoms with E-state index >= 15 is 0 Å². The van der Waals surface area contributed by atoms with E-state index in [4.69, 9.17) is 4.74 Å². The average Bonchev–Trinajstić information content (AvgIpc) is 2.53. The second kappa shape index (κ2) is 5.64. The van der Waals surface area contributed by atoms with Gasteiger partial charge < -0.3 is 9.84 Å². The molecule has 3 aromatic rings. The molecule has 0 aliphatic heterocycles. The first-order valence-electron chi connectivity index (χ1n) is 6.67. The predicted molar refractivity (Wildman–Crippen MR) is 80.6 cm³/mol. The molecular formula is C17H11F2NO3. The van der Waals surface area contributed by atoms with Gasteiger partial charge in [-0.25, -0.2) is 18.6 Å². The fraction of sp³-hybridized carbons (Fsp3) is 0.0588. The number of halogens is 2. The first-order chi connectivity index (χ1) is 11.0. The van der Waals surface area contributed by atoms with Gasteiger partial charge in [0.25, 0.3) is 0 Å². The van der Waals surface area contributed by atoms with Gasteiger partial charge in [-0.3, -0.25) is 0 Å². The summed E-state index contributed by atoms with van der Waals surface area (Å²) in [5.74, 6) is -2.20.